The molecule has 3 rings (SSSR count). The number of phenolic OH excluding ortho intramolecular Hbond substituents is 3. The molecule has 0 fully saturated rings. The first-order chi connectivity index (χ1) is 16.4. The fraction of sp³-hybridized carbons (Fsp3) is 0.400. The van der Waals surface area contributed by atoms with E-state index in [4.69, 9.17) is 0 Å². The third-order valence-corrected chi connectivity index (χ3v) is 7.11. The SMILES string of the molecule is Cc1cc(O)c(CN(C)CCN(Cc2cc(C)c(C)cc2O)Cc2cc(C)c(C)cc2O)cc1C. The van der Waals surface area contributed by atoms with Crippen LogP contribution in [-0.2, 0) is 19.6 Å². The van der Waals surface area contributed by atoms with E-state index < -0.39 is 0 Å². The third kappa shape index (κ3) is 6.77. The van der Waals surface area contributed by atoms with Crippen LogP contribution >= 0.6 is 0 Å². The Morgan fingerprint density at radius 2 is 0.800 bits per heavy atom. The molecule has 0 aliphatic rings. The van der Waals surface area contributed by atoms with Gasteiger partial charge in [-0.05, 0) is 100 Å². The van der Waals surface area contributed by atoms with Crippen LogP contribution in [0.15, 0.2) is 36.4 Å². The van der Waals surface area contributed by atoms with Crippen LogP contribution in [0, 0.1) is 41.5 Å². The minimum atomic E-state index is 0.302. The predicted molar refractivity (Wildman–Crippen MR) is 143 cm³/mol. The maximum absolute atomic E-state index is 10.6. The third-order valence-electron chi connectivity index (χ3n) is 7.11. The van der Waals surface area contributed by atoms with Crippen LogP contribution in [0.25, 0.3) is 0 Å². The Morgan fingerprint density at radius 1 is 0.486 bits per heavy atom. The van der Waals surface area contributed by atoms with Gasteiger partial charge in [-0.2, -0.15) is 0 Å². The average molecular weight is 477 g/mol. The minimum Gasteiger partial charge on any atom is -0.508 e. The summed E-state index contributed by atoms with van der Waals surface area (Å²) < 4.78 is 0. The van der Waals surface area contributed by atoms with E-state index in [2.05, 4.69) is 48.8 Å². The molecule has 0 amide bonds. The summed E-state index contributed by atoms with van der Waals surface area (Å²) in [6, 6.07) is 11.6. The fourth-order valence-electron chi connectivity index (χ4n) is 4.34. The van der Waals surface area contributed by atoms with E-state index in [1.165, 1.54) is 5.56 Å². The molecule has 188 valence electrons. The van der Waals surface area contributed by atoms with E-state index in [-0.39, 0.29) is 0 Å². The van der Waals surface area contributed by atoms with E-state index in [1.54, 1.807) is 0 Å². The van der Waals surface area contributed by atoms with Gasteiger partial charge in [-0.25, -0.2) is 0 Å². The Labute approximate surface area is 210 Å². The molecule has 5 heteroatoms. The maximum atomic E-state index is 10.6. The van der Waals surface area contributed by atoms with Crippen LogP contribution in [0.2, 0.25) is 0 Å². The maximum Gasteiger partial charge on any atom is 0.120 e. The molecule has 0 aromatic heterocycles. The van der Waals surface area contributed by atoms with Gasteiger partial charge in [0, 0.05) is 49.4 Å². The van der Waals surface area contributed by atoms with E-state index >= 15 is 0 Å². The highest BCUT2D eigenvalue weighted by Gasteiger charge is 2.16. The summed E-state index contributed by atoms with van der Waals surface area (Å²) in [6.45, 7) is 15.5. The molecule has 0 radical (unpaired) electrons. The van der Waals surface area contributed by atoms with Gasteiger partial charge in [-0.15, -0.1) is 0 Å². The lowest BCUT2D eigenvalue weighted by atomic mass is 10.0. The second-order valence-electron chi connectivity index (χ2n) is 10.1. The molecule has 3 aromatic carbocycles. The summed E-state index contributed by atoms with van der Waals surface area (Å²) in [5.41, 5.74) is 9.36. The van der Waals surface area contributed by atoms with Gasteiger partial charge in [0.15, 0.2) is 0 Å². The molecule has 5 nitrogen and oxygen atoms in total. The second-order valence-corrected chi connectivity index (χ2v) is 10.1. The van der Waals surface area contributed by atoms with E-state index in [0.29, 0.717) is 36.9 Å². The van der Waals surface area contributed by atoms with Crippen LogP contribution < -0.4 is 0 Å². The van der Waals surface area contributed by atoms with Gasteiger partial charge in [0.25, 0.3) is 0 Å². The first kappa shape index (κ1) is 26.6. The van der Waals surface area contributed by atoms with Crippen molar-refractivity contribution >= 4 is 0 Å². The lowest BCUT2D eigenvalue weighted by Gasteiger charge is -2.27. The molecule has 0 saturated heterocycles. The summed E-state index contributed by atoms with van der Waals surface area (Å²) in [7, 11) is 2.05. The standard InChI is InChI=1S/C30H40N2O3/c1-19-10-25(28(33)13-22(19)4)16-31(7)8-9-32(17-26-11-20(2)23(5)14-29(26)34)18-27-12-21(3)24(6)15-30(27)35/h10-15,33-35H,8-9,16-18H2,1-7H3. The molecule has 3 N–H and O–H groups in total. The molecule has 35 heavy (non-hydrogen) atoms. The number of benzene rings is 3. The monoisotopic (exact) mass is 476 g/mol. The normalized spacial score (nSPS) is 11.6. The van der Waals surface area contributed by atoms with Crippen molar-refractivity contribution < 1.29 is 15.3 Å². The number of nitrogens with zero attached hydrogens (tertiary/aromatic N) is 2. The quantitative estimate of drug-likeness (QED) is 0.365. The van der Waals surface area contributed by atoms with Gasteiger partial charge in [0.2, 0.25) is 0 Å². The van der Waals surface area contributed by atoms with Crippen molar-refractivity contribution in [3.8, 4) is 17.2 Å². The average Bonchev–Trinajstić information content (AvgIpc) is 2.77. The molecule has 0 unspecified atom stereocenters. The number of phenols is 3. The molecule has 0 bridgehead atoms. The van der Waals surface area contributed by atoms with Crippen molar-refractivity contribution in [2.45, 2.75) is 61.2 Å². The van der Waals surface area contributed by atoms with Crippen LogP contribution in [0.1, 0.15) is 50.1 Å². The Kier molecular flexibility index (Phi) is 8.47. The smallest absolute Gasteiger partial charge is 0.120 e. The highest BCUT2D eigenvalue weighted by atomic mass is 16.3. The van der Waals surface area contributed by atoms with Crippen molar-refractivity contribution in [1.29, 1.82) is 0 Å². The van der Waals surface area contributed by atoms with Gasteiger partial charge in [0.05, 0.1) is 0 Å². The van der Waals surface area contributed by atoms with E-state index in [0.717, 1.165) is 57.6 Å². The number of hydrogen-bond donors (Lipinski definition) is 3. The lowest BCUT2D eigenvalue weighted by Crippen LogP contribution is -2.32. The fourth-order valence-corrected chi connectivity index (χ4v) is 4.34. The number of aryl methyl sites for hydroxylation is 6. The van der Waals surface area contributed by atoms with Gasteiger partial charge in [-0.3, -0.25) is 4.90 Å². The molecule has 0 aliphatic heterocycles. The molecule has 0 heterocycles. The van der Waals surface area contributed by atoms with Crippen LogP contribution in [0.3, 0.4) is 0 Å². The zero-order valence-electron chi connectivity index (χ0n) is 22.2. The first-order valence-corrected chi connectivity index (χ1v) is 12.2. The summed E-state index contributed by atoms with van der Waals surface area (Å²) in [5, 5.41) is 31.6. The minimum absolute atomic E-state index is 0.302. The van der Waals surface area contributed by atoms with E-state index in [9.17, 15) is 15.3 Å². The van der Waals surface area contributed by atoms with Gasteiger partial charge >= 0.3 is 0 Å². The molecular formula is C30H40N2O3. The zero-order chi connectivity index (χ0) is 25.9. The molecule has 0 saturated carbocycles. The highest BCUT2D eigenvalue weighted by molar-refractivity contribution is 5.43. The number of rotatable bonds is 9. The van der Waals surface area contributed by atoms with Gasteiger partial charge < -0.3 is 20.2 Å². The number of likely N-dealkylation sites (N-methyl/N-ethyl adjacent to an activating group) is 1. The summed E-state index contributed by atoms with van der Waals surface area (Å²) in [6.07, 6.45) is 0. The van der Waals surface area contributed by atoms with Gasteiger partial charge in [0.1, 0.15) is 17.2 Å². The molecule has 0 aliphatic carbocycles. The summed E-state index contributed by atoms with van der Waals surface area (Å²) in [4.78, 5) is 4.45. The van der Waals surface area contributed by atoms with Crippen molar-refractivity contribution in [1.82, 2.24) is 9.80 Å². The Morgan fingerprint density at radius 3 is 1.17 bits per heavy atom. The van der Waals surface area contributed by atoms with Crippen LogP contribution in [0.5, 0.6) is 17.2 Å². The van der Waals surface area contributed by atoms with E-state index in [1.807, 2.05) is 46.0 Å². The zero-order valence-corrected chi connectivity index (χ0v) is 22.2. The summed E-state index contributed by atoms with van der Waals surface area (Å²) in [5.74, 6) is 0.934. The lowest BCUT2D eigenvalue weighted by molar-refractivity contribution is 0.204. The van der Waals surface area contributed by atoms with Crippen molar-refractivity contribution in [3.63, 3.8) is 0 Å². The highest BCUT2D eigenvalue weighted by Crippen LogP contribution is 2.27. The second kappa shape index (κ2) is 11.1. The predicted octanol–water partition coefficient (Wildman–Crippen LogP) is 5.79. The Bertz CT molecular complexity index is 1140. The van der Waals surface area contributed by atoms with Crippen molar-refractivity contribution in [3.05, 3.63) is 86.5 Å². The molecule has 3 aromatic rings. The van der Waals surface area contributed by atoms with Crippen molar-refractivity contribution in [2.24, 2.45) is 0 Å². The number of aromatic hydroxyl groups is 3. The number of hydrogen-bond acceptors (Lipinski definition) is 5. The topological polar surface area (TPSA) is 67.2 Å². The molecular weight excluding hydrogens is 436 g/mol. The largest absolute Gasteiger partial charge is 0.508 e. The Balaban J connectivity index is 1.79. The first-order valence-electron chi connectivity index (χ1n) is 12.2. The van der Waals surface area contributed by atoms with Crippen LogP contribution in [0.4, 0.5) is 0 Å². The molecule has 0 atom stereocenters. The molecule has 0 spiro atoms. The Hall–Kier alpha value is -3.02. The van der Waals surface area contributed by atoms with Crippen molar-refractivity contribution in [2.75, 3.05) is 20.1 Å². The summed E-state index contributed by atoms with van der Waals surface area (Å²) >= 11 is 0. The van der Waals surface area contributed by atoms with Crippen LogP contribution in [-0.4, -0.2) is 45.3 Å². The van der Waals surface area contributed by atoms with Gasteiger partial charge in [-0.1, -0.05) is 18.2 Å².